The minimum absolute atomic E-state index is 1.01. The van der Waals surface area contributed by atoms with E-state index in [0.717, 1.165) is 34.6 Å². The van der Waals surface area contributed by atoms with Crippen LogP contribution in [0, 0.1) is 0 Å². The van der Waals surface area contributed by atoms with Crippen molar-refractivity contribution in [2.75, 3.05) is 4.90 Å². The summed E-state index contributed by atoms with van der Waals surface area (Å²) >= 11 is 0. The van der Waals surface area contributed by atoms with Gasteiger partial charge < -0.3 is 4.90 Å². The van der Waals surface area contributed by atoms with Crippen molar-refractivity contribution in [3.63, 3.8) is 0 Å². The first-order valence-corrected chi connectivity index (χ1v) is 13.9. The molecule has 0 saturated heterocycles. The molecule has 1 aromatic heterocycles. The van der Waals surface area contributed by atoms with E-state index >= 15 is 0 Å². The second-order valence-electron chi connectivity index (χ2n) is 9.92. The summed E-state index contributed by atoms with van der Waals surface area (Å²) in [4.78, 5) is 6.70. The number of aromatic nitrogens is 1. The molecule has 2 nitrogen and oxygen atoms in total. The second kappa shape index (κ2) is 11.4. The Morgan fingerprint density at radius 2 is 1.32 bits per heavy atom. The highest BCUT2D eigenvalue weighted by Crippen LogP contribution is 2.38. The van der Waals surface area contributed by atoms with E-state index in [0.29, 0.717) is 0 Å². The van der Waals surface area contributed by atoms with Gasteiger partial charge in [0.25, 0.3) is 0 Å². The fraction of sp³-hybridized carbons (Fsp3) is 0.0789. The molecule has 0 spiro atoms. The van der Waals surface area contributed by atoms with Crippen LogP contribution in [0.2, 0.25) is 0 Å². The van der Waals surface area contributed by atoms with Crippen LogP contribution in [0.5, 0.6) is 0 Å². The lowest BCUT2D eigenvalue weighted by molar-refractivity contribution is 1.28. The van der Waals surface area contributed by atoms with Gasteiger partial charge in [-0.25, -0.2) is 0 Å². The summed E-state index contributed by atoms with van der Waals surface area (Å²) in [6.07, 6.45) is 9.28. The van der Waals surface area contributed by atoms with E-state index in [2.05, 4.69) is 151 Å². The molecule has 0 bridgehead atoms. The van der Waals surface area contributed by atoms with Gasteiger partial charge in [0.05, 0.1) is 0 Å². The normalized spacial score (nSPS) is 12.2. The van der Waals surface area contributed by atoms with Crippen LogP contribution >= 0.6 is 0 Å². The van der Waals surface area contributed by atoms with Crippen molar-refractivity contribution in [1.82, 2.24) is 4.98 Å². The van der Waals surface area contributed by atoms with Crippen molar-refractivity contribution in [3.05, 3.63) is 144 Å². The van der Waals surface area contributed by atoms with E-state index < -0.39 is 0 Å². The van der Waals surface area contributed by atoms with E-state index in [-0.39, 0.29) is 0 Å². The minimum atomic E-state index is 1.01. The van der Waals surface area contributed by atoms with Gasteiger partial charge in [-0.2, -0.15) is 0 Å². The zero-order valence-electron chi connectivity index (χ0n) is 23.0. The fourth-order valence-corrected chi connectivity index (χ4v) is 5.45. The summed E-state index contributed by atoms with van der Waals surface area (Å²) in [7, 11) is 0. The topological polar surface area (TPSA) is 16.1 Å². The number of benzene rings is 5. The molecule has 194 valence electrons. The number of nitrogens with zero attached hydrogens (tertiary/aromatic N) is 2. The van der Waals surface area contributed by atoms with Crippen molar-refractivity contribution in [2.45, 2.75) is 20.3 Å². The summed E-state index contributed by atoms with van der Waals surface area (Å²) in [6, 6.07) is 43.5. The Labute approximate surface area is 236 Å². The molecule has 0 amide bonds. The fourth-order valence-electron chi connectivity index (χ4n) is 5.45. The Bertz CT molecular complexity index is 1870. The molecule has 0 fully saturated rings. The van der Waals surface area contributed by atoms with E-state index in [1.807, 2.05) is 18.5 Å². The Kier molecular flexibility index (Phi) is 7.24. The molecule has 40 heavy (non-hydrogen) atoms. The molecule has 0 aliphatic rings. The van der Waals surface area contributed by atoms with Crippen molar-refractivity contribution >= 4 is 40.0 Å². The lowest BCUT2D eigenvalue weighted by Crippen LogP contribution is -2.25. The summed E-state index contributed by atoms with van der Waals surface area (Å²) in [5.41, 5.74) is 8.00. The van der Waals surface area contributed by atoms with E-state index in [1.165, 1.54) is 32.3 Å². The van der Waals surface area contributed by atoms with Crippen molar-refractivity contribution < 1.29 is 0 Å². The Balaban J connectivity index is 1.54. The molecule has 0 N–H and O–H groups in total. The van der Waals surface area contributed by atoms with Crippen molar-refractivity contribution in [3.8, 4) is 22.3 Å². The third kappa shape index (κ3) is 5.04. The second-order valence-corrected chi connectivity index (χ2v) is 9.92. The van der Waals surface area contributed by atoms with Crippen LogP contribution in [0.4, 0.5) is 17.1 Å². The molecule has 0 aliphatic carbocycles. The quantitative estimate of drug-likeness (QED) is 0.220. The molecule has 0 aliphatic heterocycles. The smallest absolute Gasteiger partial charge is 0.0468 e. The monoisotopic (exact) mass is 516 g/mol. The van der Waals surface area contributed by atoms with Crippen LogP contribution in [0.1, 0.15) is 20.3 Å². The first-order chi connectivity index (χ1) is 19.7. The maximum Gasteiger partial charge on any atom is 0.0468 e. The molecule has 1 heterocycles. The van der Waals surface area contributed by atoms with Crippen LogP contribution in [0.15, 0.2) is 134 Å². The minimum Gasteiger partial charge on any atom is -0.310 e. The van der Waals surface area contributed by atoms with Crippen LogP contribution in [-0.4, -0.2) is 4.98 Å². The summed E-state index contributed by atoms with van der Waals surface area (Å²) in [5, 5.41) is 5.07. The molecule has 2 heteroatoms. The van der Waals surface area contributed by atoms with Crippen LogP contribution in [-0.2, 0) is 0 Å². The van der Waals surface area contributed by atoms with Crippen molar-refractivity contribution in [2.24, 2.45) is 0 Å². The molecule has 0 atom stereocenters. The van der Waals surface area contributed by atoms with Gasteiger partial charge in [0, 0.05) is 35.0 Å². The molecular formula is C38H32N2. The SMILES string of the molecule is C/C=c1\c(=C/CC)ccc2ccc(N(c3ccc(-c4ccccc4)cc3)c3cccc(-c4cccnc4)c3)cc12. The first-order valence-electron chi connectivity index (χ1n) is 13.9. The lowest BCUT2D eigenvalue weighted by atomic mass is 10.0. The Morgan fingerprint density at radius 1 is 0.625 bits per heavy atom. The molecule has 6 rings (SSSR count). The van der Waals surface area contributed by atoms with Gasteiger partial charge in [-0.15, -0.1) is 0 Å². The number of fused-ring (bicyclic) bond motifs is 1. The van der Waals surface area contributed by atoms with Gasteiger partial charge in [-0.1, -0.05) is 97.9 Å². The number of hydrogen-bond donors (Lipinski definition) is 0. The number of anilines is 3. The maximum absolute atomic E-state index is 4.35. The third-order valence-electron chi connectivity index (χ3n) is 7.38. The molecule has 6 aromatic rings. The predicted octanol–water partition coefficient (Wildman–Crippen LogP) is 9.03. The third-order valence-corrected chi connectivity index (χ3v) is 7.38. The van der Waals surface area contributed by atoms with E-state index in [9.17, 15) is 0 Å². The summed E-state index contributed by atoms with van der Waals surface area (Å²) < 4.78 is 0. The highest BCUT2D eigenvalue weighted by atomic mass is 15.1. The molecular weight excluding hydrogens is 484 g/mol. The van der Waals surface area contributed by atoms with Gasteiger partial charge in [0.1, 0.15) is 0 Å². The molecule has 5 aromatic carbocycles. The Morgan fingerprint density at radius 3 is 2.08 bits per heavy atom. The van der Waals surface area contributed by atoms with Crippen LogP contribution in [0.3, 0.4) is 0 Å². The van der Waals surface area contributed by atoms with Gasteiger partial charge in [0.15, 0.2) is 0 Å². The number of pyridine rings is 1. The number of hydrogen-bond acceptors (Lipinski definition) is 2. The maximum atomic E-state index is 4.35. The van der Waals surface area contributed by atoms with Gasteiger partial charge in [-0.05, 0) is 93.7 Å². The van der Waals surface area contributed by atoms with Gasteiger partial charge >= 0.3 is 0 Å². The zero-order valence-corrected chi connectivity index (χ0v) is 23.0. The van der Waals surface area contributed by atoms with Gasteiger partial charge in [0.2, 0.25) is 0 Å². The molecule has 0 unspecified atom stereocenters. The summed E-state index contributed by atoms with van der Waals surface area (Å²) in [5.74, 6) is 0. The summed E-state index contributed by atoms with van der Waals surface area (Å²) in [6.45, 7) is 4.32. The highest BCUT2D eigenvalue weighted by molar-refractivity contribution is 5.91. The van der Waals surface area contributed by atoms with Crippen molar-refractivity contribution in [1.29, 1.82) is 0 Å². The average Bonchev–Trinajstić information content (AvgIpc) is 3.02. The van der Waals surface area contributed by atoms with Crippen LogP contribution < -0.4 is 15.3 Å². The average molecular weight is 517 g/mol. The Hall–Kier alpha value is -4.95. The predicted molar refractivity (Wildman–Crippen MR) is 171 cm³/mol. The standard InChI is InChI=1S/C38H32N2/c1-3-10-30-16-17-31-20-23-36(26-38(31)37(30)4-2)40(34-21-18-29(19-22-34)28-11-6-5-7-12-28)35-15-8-13-32(25-35)33-14-9-24-39-27-33/h4-27H,3H2,1-2H3/b30-10-,37-4+. The molecule has 0 saturated carbocycles. The van der Waals surface area contributed by atoms with E-state index in [4.69, 9.17) is 0 Å². The first kappa shape index (κ1) is 25.3. The number of rotatable bonds is 6. The molecule has 0 radical (unpaired) electrons. The lowest BCUT2D eigenvalue weighted by Gasteiger charge is -2.26. The van der Waals surface area contributed by atoms with Crippen LogP contribution in [0.25, 0.3) is 45.2 Å². The largest absolute Gasteiger partial charge is 0.310 e. The van der Waals surface area contributed by atoms with Gasteiger partial charge in [-0.3, -0.25) is 4.98 Å². The highest BCUT2D eigenvalue weighted by Gasteiger charge is 2.15. The zero-order chi connectivity index (χ0) is 27.3. The van der Waals surface area contributed by atoms with E-state index in [1.54, 1.807) is 0 Å².